The lowest BCUT2D eigenvalue weighted by Gasteiger charge is -2.42. The van der Waals surface area contributed by atoms with Crippen molar-refractivity contribution in [2.45, 2.75) is 84.9 Å². The van der Waals surface area contributed by atoms with Crippen LogP contribution in [0.25, 0.3) is 0 Å². The van der Waals surface area contributed by atoms with E-state index in [1.54, 1.807) is 0 Å². The molecule has 1 aliphatic carbocycles. The molecule has 1 atom stereocenters. The van der Waals surface area contributed by atoms with E-state index in [1.807, 2.05) is 0 Å². The molecule has 0 saturated carbocycles. The van der Waals surface area contributed by atoms with Crippen LogP contribution in [-0.4, -0.2) is 14.2 Å². The highest BCUT2D eigenvalue weighted by Crippen LogP contribution is 2.46. The Bertz CT molecular complexity index is 483. The summed E-state index contributed by atoms with van der Waals surface area (Å²) < 4.78 is 6.55. The van der Waals surface area contributed by atoms with Crippen molar-refractivity contribution >= 4 is 19.9 Å². The Morgan fingerprint density at radius 2 is 1.87 bits per heavy atom. The second-order valence-corrected chi connectivity index (χ2v) is 14.1. The van der Waals surface area contributed by atoms with Crippen LogP contribution in [0.15, 0.2) is 11.3 Å². The van der Waals surface area contributed by atoms with Gasteiger partial charge in [-0.1, -0.05) is 34.6 Å². The van der Waals surface area contributed by atoms with Gasteiger partial charge in [0.15, 0.2) is 0 Å². The molecule has 1 aliphatic rings. The van der Waals surface area contributed by atoms with Crippen molar-refractivity contribution in [1.82, 2.24) is 0 Å². The van der Waals surface area contributed by atoms with E-state index >= 15 is 0 Å². The third-order valence-corrected chi connectivity index (χ3v) is 10.4. The molecule has 0 unspecified atom stereocenters. The minimum absolute atomic E-state index is 0.0996. The van der Waals surface area contributed by atoms with E-state index in [0.29, 0.717) is 11.8 Å². The number of nitriles is 1. The smallest absolute Gasteiger partial charge is 0.250 e. The van der Waals surface area contributed by atoms with E-state index in [9.17, 15) is 5.26 Å². The Morgan fingerprint density at radius 1 is 1.26 bits per heavy atom. The lowest BCUT2D eigenvalue weighted by molar-refractivity contribution is 0.192. The molecule has 0 aromatic heterocycles. The lowest BCUT2D eigenvalue weighted by Crippen LogP contribution is -2.41. The number of nitrogens with zero attached hydrogens (tertiary/aromatic N) is 1. The largest absolute Gasteiger partial charge is 0.546 e. The predicted octanol–water partition coefficient (Wildman–Crippen LogP) is 6.63. The highest BCUT2D eigenvalue weighted by atomic mass is 35.5. The molecular weight excluding hydrogens is 322 g/mol. The van der Waals surface area contributed by atoms with Gasteiger partial charge in [-0.3, -0.25) is 0 Å². The Hall–Kier alpha value is -0.463. The number of alkyl halides is 1. The molecule has 0 aliphatic heterocycles. The zero-order chi connectivity index (χ0) is 17.9. The molecular formula is C19H34ClNOSi. The van der Waals surface area contributed by atoms with Crippen LogP contribution in [0.5, 0.6) is 0 Å². The number of halogens is 1. The van der Waals surface area contributed by atoms with Crippen LogP contribution in [0.2, 0.25) is 18.1 Å². The fraction of sp³-hybridized carbons (Fsp3) is 0.842. The maximum Gasteiger partial charge on any atom is 0.250 e. The van der Waals surface area contributed by atoms with Gasteiger partial charge in [-0.2, -0.15) is 5.26 Å². The molecule has 0 aromatic carbocycles. The van der Waals surface area contributed by atoms with Gasteiger partial charge >= 0.3 is 0 Å². The van der Waals surface area contributed by atoms with Crippen LogP contribution in [0.1, 0.15) is 66.7 Å². The van der Waals surface area contributed by atoms with E-state index in [-0.39, 0.29) is 10.5 Å². The second-order valence-electron chi connectivity index (χ2n) is 9.04. The zero-order valence-electron chi connectivity index (χ0n) is 16.1. The third kappa shape index (κ3) is 5.00. The first-order valence-corrected chi connectivity index (χ1v) is 12.3. The van der Waals surface area contributed by atoms with E-state index < -0.39 is 8.32 Å². The molecule has 0 N–H and O–H groups in total. The maximum absolute atomic E-state index is 9.82. The summed E-state index contributed by atoms with van der Waals surface area (Å²) in [4.78, 5) is 0. The SMILES string of the molecule is CC(C)(CCCCl)[C@@H]1CCCC(O[Si](C)(C)C(C)(C)C)=C1C#N. The normalized spacial score (nSPS) is 20.4. The van der Waals surface area contributed by atoms with Gasteiger partial charge in [0.2, 0.25) is 8.32 Å². The summed E-state index contributed by atoms with van der Waals surface area (Å²) in [7, 11) is -1.89. The third-order valence-electron chi connectivity index (χ3n) is 5.75. The van der Waals surface area contributed by atoms with E-state index in [4.69, 9.17) is 16.0 Å². The van der Waals surface area contributed by atoms with Gasteiger partial charge in [-0.05, 0) is 49.2 Å². The minimum Gasteiger partial charge on any atom is -0.546 e. The van der Waals surface area contributed by atoms with Gasteiger partial charge in [-0.15, -0.1) is 11.6 Å². The van der Waals surface area contributed by atoms with Gasteiger partial charge < -0.3 is 4.43 Å². The predicted molar refractivity (Wildman–Crippen MR) is 102 cm³/mol. The quantitative estimate of drug-likeness (QED) is 0.395. The summed E-state index contributed by atoms with van der Waals surface area (Å²) in [5.41, 5.74) is 1.00. The van der Waals surface area contributed by atoms with Crippen LogP contribution < -0.4 is 0 Å². The van der Waals surface area contributed by atoms with Gasteiger partial charge in [0, 0.05) is 18.2 Å². The molecule has 0 radical (unpaired) electrons. The van der Waals surface area contributed by atoms with Crippen molar-refractivity contribution in [2.75, 3.05) is 5.88 Å². The molecule has 0 heterocycles. The van der Waals surface area contributed by atoms with E-state index in [1.165, 1.54) is 0 Å². The molecule has 0 amide bonds. The summed E-state index contributed by atoms with van der Waals surface area (Å²) >= 11 is 5.89. The molecule has 0 bridgehead atoms. The van der Waals surface area contributed by atoms with Crippen LogP contribution in [0.4, 0.5) is 0 Å². The molecule has 2 nitrogen and oxygen atoms in total. The number of hydrogen-bond acceptors (Lipinski definition) is 2. The van der Waals surface area contributed by atoms with Crippen LogP contribution in [0, 0.1) is 22.7 Å². The highest BCUT2D eigenvalue weighted by molar-refractivity contribution is 6.74. The monoisotopic (exact) mass is 355 g/mol. The molecule has 1 rings (SSSR count). The van der Waals surface area contributed by atoms with Gasteiger partial charge in [0.05, 0.1) is 17.4 Å². The van der Waals surface area contributed by atoms with Crippen molar-refractivity contribution in [3.8, 4) is 6.07 Å². The topological polar surface area (TPSA) is 33.0 Å². The van der Waals surface area contributed by atoms with Crippen LogP contribution in [0.3, 0.4) is 0 Å². The number of rotatable bonds is 6. The average molecular weight is 356 g/mol. The Kier molecular flexibility index (Phi) is 6.81. The van der Waals surface area contributed by atoms with Crippen molar-refractivity contribution in [2.24, 2.45) is 11.3 Å². The van der Waals surface area contributed by atoms with Crippen molar-refractivity contribution in [1.29, 1.82) is 5.26 Å². The molecule has 0 aromatic rings. The Balaban J connectivity index is 3.12. The average Bonchev–Trinajstić information content (AvgIpc) is 2.43. The number of hydrogen-bond donors (Lipinski definition) is 0. The van der Waals surface area contributed by atoms with Gasteiger partial charge in [-0.25, -0.2) is 0 Å². The summed E-state index contributed by atoms with van der Waals surface area (Å²) in [6.45, 7) is 15.8. The first kappa shape index (κ1) is 20.6. The Morgan fingerprint density at radius 3 is 2.35 bits per heavy atom. The van der Waals surface area contributed by atoms with Crippen LogP contribution >= 0.6 is 11.6 Å². The van der Waals surface area contributed by atoms with Gasteiger partial charge in [0.1, 0.15) is 0 Å². The number of allylic oxidation sites excluding steroid dienone is 2. The van der Waals surface area contributed by atoms with E-state index in [0.717, 1.165) is 43.4 Å². The molecule has 0 fully saturated rings. The fourth-order valence-electron chi connectivity index (χ4n) is 3.13. The second kappa shape index (κ2) is 7.62. The first-order valence-electron chi connectivity index (χ1n) is 8.84. The van der Waals surface area contributed by atoms with Crippen molar-refractivity contribution in [3.05, 3.63) is 11.3 Å². The molecule has 23 heavy (non-hydrogen) atoms. The minimum atomic E-state index is -1.89. The zero-order valence-corrected chi connectivity index (χ0v) is 17.8. The van der Waals surface area contributed by atoms with Gasteiger partial charge in [0.25, 0.3) is 0 Å². The standard InChI is InChI=1S/C19H34ClNOSi/c1-18(2,3)23(6,7)22-17-11-8-10-16(15(17)14-21)19(4,5)12-9-13-20/h16H,8-13H2,1-7H3/t16-/m1/s1. The Labute approximate surface area is 149 Å². The first-order chi connectivity index (χ1) is 10.5. The van der Waals surface area contributed by atoms with E-state index in [2.05, 4.69) is 53.8 Å². The lowest BCUT2D eigenvalue weighted by atomic mass is 9.68. The molecule has 0 spiro atoms. The summed E-state index contributed by atoms with van der Waals surface area (Å²) in [6.07, 6.45) is 5.17. The maximum atomic E-state index is 9.82. The summed E-state index contributed by atoms with van der Waals surface area (Å²) in [5.74, 6) is 1.97. The molecule has 0 saturated heterocycles. The highest BCUT2D eigenvalue weighted by Gasteiger charge is 2.42. The fourth-order valence-corrected chi connectivity index (χ4v) is 4.39. The molecule has 132 valence electrons. The van der Waals surface area contributed by atoms with Crippen molar-refractivity contribution in [3.63, 3.8) is 0 Å². The summed E-state index contributed by atoms with van der Waals surface area (Å²) in [5, 5.41) is 9.98. The van der Waals surface area contributed by atoms with Crippen molar-refractivity contribution < 1.29 is 4.43 Å². The summed E-state index contributed by atoms with van der Waals surface area (Å²) in [6, 6.07) is 2.50. The van der Waals surface area contributed by atoms with Crippen LogP contribution in [-0.2, 0) is 4.43 Å². The molecule has 4 heteroatoms.